The maximum Gasteiger partial charge on any atom is 0.368 e. The van der Waals surface area contributed by atoms with E-state index < -0.39 is 36.7 Å². The second-order valence-electron chi connectivity index (χ2n) is 2.82. The molecule has 0 aromatic carbocycles. The first kappa shape index (κ1) is 11.6. The molecule has 0 radical (unpaired) electrons. The van der Waals surface area contributed by atoms with Crippen molar-refractivity contribution in [2.75, 3.05) is 6.61 Å². The number of aliphatic carboxylic acids is 1. The van der Waals surface area contributed by atoms with Crippen molar-refractivity contribution in [3.63, 3.8) is 0 Å². The standard InChI is InChI=1S/C6H9ClO7/c7-14-6(5(11)12)4(10)3(9)2(1-8)13-6/h2-4,8-10H,1H2,(H,11,12)/t2-,3-,4-,6?/m1/s1. The zero-order valence-electron chi connectivity index (χ0n) is 6.83. The van der Waals surface area contributed by atoms with E-state index in [2.05, 4.69) is 9.03 Å². The Bertz CT molecular complexity index is 234. The molecule has 1 saturated heterocycles. The van der Waals surface area contributed by atoms with Gasteiger partial charge in [-0.2, -0.15) is 0 Å². The van der Waals surface area contributed by atoms with Gasteiger partial charge < -0.3 is 25.2 Å². The Hall–Kier alpha value is -0.440. The molecule has 82 valence electrons. The Morgan fingerprint density at radius 2 is 2.14 bits per heavy atom. The van der Waals surface area contributed by atoms with Crippen LogP contribution in [0.1, 0.15) is 0 Å². The molecule has 0 spiro atoms. The Morgan fingerprint density at radius 1 is 1.57 bits per heavy atom. The number of aliphatic hydroxyl groups is 3. The van der Waals surface area contributed by atoms with Crippen molar-refractivity contribution in [1.29, 1.82) is 0 Å². The number of aliphatic hydroxyl groups excluding tert-OH is 3. The summed E-state index contributed by atoms with van der Waals surface area (Å²) in [4.78, 5) is 10.7. The van der Waals surface area contributed by atoms with Crippen LogP contribution < -0.4 is 0 Å². The Kier molecular flexibility index (Phi) is 3.30. The lowest BCUT2D eigenvalue weighted by Crippen LogP contribution is -2.50. The van der Waals surface area contributed by atoms with E-state index in [-0.39, 0.29) is 0 Å². The molecular formula is C6H9ClO7. The van der Waals surface area contributed by atoms with E-state index in [1.165, 1.54) is 0 Å². The van der Waals surface area contributed by atoms with E-state index >= 15 is 0 Å². The van der Waals surface area contributed by atoms with Crippen LogP contribution >= 0.6 is 11.9 Å². The third kappa shape index (κ3) is 1.48. The van der Waals surface area contributed by atoms with E-state index in [9.17, 15) is 15.0 Å². The molecule has 7 nitrogen and oxygen atoms in total. The van der Waals surface area contributed by atoms with Crippen LogP contribution in [0.25, 0.3) is 0 Å². The number of ether oxygens (including phenoxy) is 1. The topological polar surface area (TPSA) is 116 Å². The quantitative estimate of drug-likeness (QED) is 0.444. The fourth-order valence-electron chi connectivity index (χ4n) is 1.21. The molecule has 8 heteroatoms. The highest BCUT2D eigenvalue weighted by atomic mass is 35.5. The van der Waals surface area contributed by atoms with Gasteiger partial charge in [0.25, 0.3) is 0 Å². The molecule has 1 unspecified atom stereocenters. The normalized spacial score (nSPS) is 42.7. The van der Waals surface area contributed by atoms with Crippen molar-refractivity contribution in [2.45, 2.75) is 24.1 Å². The monoisotopic (exact) mass is 228 g/mol. The van der Waals surface area contributed by atoms with Gasteiger partial charge in [0.1, 0.15) is 18.3 Å². The molecule has 0 bridgehead atoms. The summed E-state index contributed by atoms with van der Waals surface area (Å²) in [7, 11) is 0. The lowest BCUT2D eigenvalue weighted by Gasteiger charge is -2.22. The third-order valence-corrected chi connectivity index (χ3v) is 2.24. The first-order valence-corrected chi connectivity index (χ1v) is 3.98. The minimum atomic E-state index is -2.53. The molecule has 1 fully saturated rings. The van der Waals surface area contributed by atoms with Crippen LogP contribution in [-0.2, 0) is 13.8 Å². The number of carboxylic acids is 1. The lowest BCUT2D eigenvalue weighted by atomic mass is 10.1. The van der Waals surface area contributed by atoms with Crippen molar-refractivity contribution in [3.05, 3.63) is 0 Å². The third-order valence-electron chi connectivity index (χ3n) is 2.01. The molecular weight excluding hydrogens is 220 g/mol. The van der Waals surface area contributed by atoms with Crippen molar-refractivity contribution in [3.8, 4) is 0 Å². The van der Waals surface area contributed by atoms with Gasteiger partial charge >= 0.3 is 11.8 Å². The molecule has 0 amide bonds. The van der Waals surface area contributed by atoms with Gasteiger partial charge in [-0.1, -0.05) is 0 Å². The summed E-state index contributed by atoms with van der Waals surface area (Å²) >= 11 is 4.88. The number of carbonyl (C=O) groups is 1. The SMILES string of the molecule is O=C(O)C1(OCl)O[C@H](CO)[C@@H](O)[C@H]1O. The van der Waals surface area contributed by atoms with E-state index in [1.807, 2.05) is 0 Å². The zero-order chi connectivity index (χ0) is 10.9. The molecule has 4 N–H and O–H groups in total. The first-order chi connectivity index (χ1) is 6.49. The van der Waals surface area contributed by atoms with Crippen LogP contribution in [0.2, 0.25) is 0 Å². The average Bonchev–Trinajstić information content (AvgIpc) is 2.42. The van der Waals surface area contributed by atoms with Gasteiger partial charge in [0.05, 0.1) is 18.5 Å². The van der Waals surface area contributed by atoms with Gasteiger partial charge in [-0.3, -0.25) is 0 Å². The fourth-order valence-corrected chi connectivity index (χ4v) is 1.41. The fraction of sp³-hybridized carbons (Fsp3) is 0.833. The largest absolute Gasteiger partial charge is 0.477 e. The van der Waals surface area contributed by atoms with Gasteiger partial charge in [-0.15, -0.1) is 0 Å². The summed E-state index contributed by atoms with van der Waals surface area (Å²) in [6, 6.07) is 0. The van der Waals surface area contributed by atoms with Gasteiger partial charge in [-0.05, 0) is 0 Å². The smallest absolute Gasteiger partial charge is 0.368 e. The van der Waals surface area contributed by atoms with E-state index in [1.54, 1.807) is 0 Å². The maximum atomic E-state index is 10.7. The van der Waals surface area contributed by atoms with E-state index in [0.29, 0.717) is 0 Å². The number of halogens is 1. The minimum absolute atomic E-state index is 0.659. The summed E-state index contributed by atoms with van der Waals surface area (Å²) in [5, 5.41) is 35.9. The number of carboxylic acid groups (broad SMARTS) is 1. The highest BCUT2D eigenvalue weighted by Crippen LogP contribution is 2.33. The zero-order valence-corrected chi connectivity index (χ0v) is 7.59. The Labute approximate surface area is 83.6 Å². The van der Waals surface area contributed by atoms with Crippen molar-refractivity contribution in [1.82, 2.24) is 0 Å². The van der Waals surface area contributed by atoms with E-state index in [4.69, 9.17) is 22.1 Å². The predicted octanol–water partition coefficient (Wildman–Crippen LogP) is -1.95. The molecule has 1 aliphatic rings. The molecule has 4 atom stereocenters. The molecule has 1 rings (SSSR count). The van der Waals surface area contributed by atoms with Crippen LogP contribution in [0, 0.1) is 0 Å². The van der Waals surface area contributed by atoms with Gasteiger partial charge in [-0.25, -0.2) is 9.08 Å². The van der Waals surface area contributed by atoms with Crippen LogP contribution in [0.15, 0.2) is 0 Å². The highest BCUT2D eigenvalue weighted by Gasteiger charge is 2.61. The lowest BCUT2D eigenvalue weighted by molar-refractivity contribution is -0.226. The molecule has 0 saturated carbocycles. The van der Waals surface area contributed by atoms with Crippen molar-refractivity contribution in [2.24, 2.45) is 0 Å². The number of rotatable bonds is 3. The molecule has 0 aromatic rings. The molecule has 0 aromatic heterocycles. The summed E-state index contributed by atoms with van der Waals surface area (Å²) in [6.45, 7) is -0.659. The minimum Gasteiger partial charge on any atom is -0.477 e. The number of hydrogen-bond acceptors (Lipinski definition) is 6. The molecule has 14 heavy (non-hydrogen) atoms. The van der Waals surface area contributed by atoms with Gasteiger partial charge in [0.2, 0.25) is 0 Å². The highest BCUT2D eigenvalue weighted by molar-refractivity contribution is 6.08. The van der Waals surface area contributed by atoms with Crippen molar-refractivity contribution < 1.29 is 34.2 Å². The molecule has 0 aliphatic carbocycles. The predicted molar refractivity (Wildman–Crippen MR) is 41.3 cm³/mol. The Morgan fingerprint density at radius 3 is 2.36 bits per heavy atom. The average molecular weight is 229 g/mol. The van der Waals surface area contributed by atoms with Gasteiger partial charge in [0, 0.05) is 0 Å². The summed E-state index contributed by atoms with van der Waals surface area (Å²) in [5.41, 5.74) is 0. The van der Waals surface area contributed by atoms with Gasteiger partial charge in [0.15, 0.2) is 0 Å². The number of hydrogen-bond donors (Lipinski definition) is 4. The van der Waals surface area contributed by atoms with Crippen LogP contribution in [0.4, 0.5) is 0 Å². The summed E-state index contributed by atoms with van der Waals surface area (Å²) in [6.07, 6.45) is -4.69. The molecule has 1 aliphatic heterocycles. The van der Waals surface area contributed by atoms with Crippen LogP contribution in [-0.4, -0.2) is 57.1 Å². The summed E-state index contributed by atoms with van der Waals surface area (Å²) in [5.74, 6) is -4.22. The Balaban J connectivity index is 2.95. The van der Waals surface area contributed by atoms with E-state index in [0.717, 1.165) is 0 Å². The first-order valence-electron chi connectivity index (χ1n) is 3.67. The van der Waals surface area contributed by atoms with Crippen molar-refractivity contribution >= 4 is 17.8 Å². The summed E-state index contributed by atoms with van der Waals surface area (Å²) < 4.78 is 8.63. The van der Waals surface area contributed by atoms with Crippen LogP contribution in [0.5, 0.6) is 0 Å². The second kappa shape index (κ2) is 3.97. The molecule has 1 heterocycles. The van der Waals surface area contributed by atoms with Crippen LogP contribution in [0.3, 0.4) is 0 Å². The maximum absolute atomic E-state index is 10.7. The second-order valence-corrected chi connectivity index (χ2v) is 2.98.